The van der Waals surface area contributed by atoms with Crippen LogP contribution in [0.5, 0.6) is 11.5 Å². The lowest BCUT2D eigenvalue weighted by Gasteiger charge is -2.10. The number of aldehydes is 1. The molecule has 0 aromatic heterocycles. The van der Waals surface area contributed by atoms with Crippen LogP contribution in [0.25, 0.3) is 0 Å². The van der Waals surface area contributed by atoms with Crippen LogP contribution >= 0.6 is 15.9 Å². The van der Waals surface area contributed by atoms with Gasteiger partial charge in [-0.25, -0.2) is 0 Å². The van der Waals surface area contributed by atoms with Crippen molar-refractivity contribution in [2.75, 3.05) is 14.2 Å². The molecule has 0 unspecified atom stereocenters. The predicted molar refractivity (Wildman–Crippen MR) is 59.3 cm³/mol. The third kappa shape index (κ3) is 1.99. The molecule has 86 valence electrons. The van der Waals surface area contributed by atoms with Gasteiger partial charge in [0.2, 0.25) is 0 Å². The Bertz CT molecular complexity index is 446. The zero-order valence-electron chi connectivity index (χ0n) is 8.52. The molecule has 0 heterocycles. The van der Waals surface area contributed by atoms with Crippen LogP contribution in [0.1, 0.15) is 10.4 Å². The molecule has 0 aliphatic heterocycles. The van der Waals surface area contributed by atoms with Gasteiger partial charge in [0.1, 0.15) is 4.47 Å². The summed E-state index contributed by atoms with van der Waals surface area (Å²) >= 11 is 2.99. The maximum Gasteiger partial charge on any atom is 0.288 e. The molecular formula is C9H8BrNO5. The summed E-state index contributed by atoms with van der Waals surface area (Å²) in [5, 5.41) is 10.7. The number of rotatable bonds is 4. The third-order valence-corrected chi connectivity index (χ3v) is 2.77. The number of carbonyl (C=O) groups is 1. The predicted octanol–water partition coefficient (Wildman–Crippen LogP) is 2.19. The van der Waals surface area contributed by atoms with Gasteiger partial charge in [-0.1, -0.05) is 0 Å². The number of ether oxygens (including phenoxy) is 2. The number of carbonyl (C=O) groups excluding carboxylic acids is 1. The fraction of sp³-hybridized carbons (Fsp3) is 0.222. The second-order valence-corrected chi connectivity index (χ2v) is 3.53. The molecule has 1 aromatic rings. The van der Waals surface area contributed by atoms with Crippen LogP contribution < -0.4 is 9.47 Å². The summed E-state index contributed by atoms with van der Waals surface area (Å²) in [4.78, 5) is 21.0. The number of benzene rings is 1. The van der Waals surface area contributed by atoms with Crippen molar-refractivity contribution in [2.24, 2.45) is 0 Å². The molecule has 0 aliphatic carbocycles. The van der Waals surface area contributed by atoms with Crippen molar-refractivity contribution in [3.05, 3.63) is 26.2 Å². The Labute approximate surface area is 99.4 Å². The van der Waals surface area contributed by atoms with Crippen LogP contribution in [0.3, 0.4) is 0 Å². The minimum Gasteiger partial charge on any atom is -0.493 e. The smallest absolute Gasteiger partial charge is 0.288 e. The first-order valence-electron chi connectivity index (χ1n) is 4.10. The molecule has 0 saturated heterocycles. The van der Waals surface area contributed by atoms with Crippen molar-refractivity contribution in [1.82, 2.24) is 0 Å². The summed E-state index contributed by atoms with van der Waals surface area (Å²) in [5.74, 6) is 0.300. The van der Waals surface area contributed by atoms with Crippen LogP contribution in [0.15, 0.2) is 10.5 Å². The molecular weight excluding hydrogens is 282 g/mol. The number of nitro groups is 1. The molecule has 0 amide bonds. The summed E-state index contributed by atoms with van der Waals surface area (Å²) in [6.45, 7) is 0. The average Bonchev–Trinajstić information content (AvgIpc) is 2.27. The van der Waals surface area contributed by atoms with Gasteiger partial charge < -0.3 is 9.47 Å². The second kappa shape index (κ2) is 4.93. The van der Waals surface area contributed by atoms with E-state index in [2.05, 4.69) is 15.9 Å². The molecule has 0 aliphatic rings. The standard InChI is InChI=1S/C9H8BrNO5/c1-15-7-3-6(11(13)14)8(10)5(4-12)9(7)16-2/h3-4H,1-2H3. The molecule has 0 spiro atoms. The lowest BCUT2D eigenvalue weighted by Crippen LogP contribution is -2.00. The molecule has 0 fully saturated rings. The van der Waals surface area contributed by atoms with Crippen molar-refractivity contribution in [3.63, 3.8) is 0 Å². The van der Waals surface area contributed by atoms with Gasteiger partial charge in [0.15, 0.2) is 17.8 Å². The van der Waals surface area contributed by atoms with E-state index in [1.165, 1.54) is 20.3 Å². The van der Waals surface area contributed by atoms with E-state index in [1.54, 1.807) is 0 Å². The number of hydrogen-bond donors (Lipinski definition) is 0. The third-order valence-electron chi connectivity index (χ3n) is 1.94. The van der Waals surface area contributed by atoms with Gasteiger partial charge in [0, 0.05) is 0 Å². The summed E-state index contributed by atoms with van der Waals surface area (Å²) in [7, 11) is 2.69. The molecule has 16 heavy (non-hydrogen) atoms. The highest BCUT2D eigenvalue weighted by atomic mass is 79.9. The van der Waals surface area contributed by atoms with Crippen molar-refractivity contribution in [2.45, 2.75) is 0 Å². The van der Waals surface area contributed by atoms with Gasteiger partial charge in [-0.2, -0.15) is 0 Å². The minimum atomic E-state index is -0.612. The van der Waals surface area contributed by atoms with Crippen molar-refractivity contribution in [3.8, 4) is 11.5 Å². The van der Waals surface area contributed by atoms with E-state index in [0.717, 1.165) is 0 Å². The Morgan fingerprint density at radius 3 is 2.44 bits per heavy atom. The quantitative estimate of drug-likeness (QED) is 0.482. The fourth-order valence-corrected chi connectivity index (χ4v) is 1.76. The Kier molecular flexibility index (Phi) is 3.83. The summed E-state index contributed by atoms with van der Waals surface area (Å²) in [6, 6.07) is 1.19. The van der Waals surface area contributed by atoms with E-state index >= 15 is 0 Å². The van der Waals surface area contributed by atoms with Gasteiger partial charge >= 0.3 is 0 Å². The van der Waals surface area contributed by atoms with E-state index in [4.69, 9.17) is 9.47 Å². The van der Waals surface area contributed by atoms with Gasteiger partial charge in [-0.05, 0) is 15.9 Å². The number of nitro benzene ring substituents is 1. The lowest BCUT2D eigenvalue weighted by atomic mass is 10.2. The van der Waals surface area contributed by atoms with Crippen molar-refractivity contribution >= 4 is 27.9 Å². The second-order valence-electron chi connectivity index (χ2n) is 2.73. The highest BCUT2D eigenvalue weighted by molar-refractivity contribution is 9.10. The summed E-state index contributed by atoms with van der Waals surface area (Å²) < 4.78 is 9.95. The monoisotopic (exact) mass is 289 g/mol. The van der Waals surface area contributed by atoms with E-state index in [0.29, 0.717) is 6.29 Å². The highest BCUT2D eigenvalue weighted by Gasteiger charge is 2.23. The van der Waals surface area contributed by atoms with Gasteiger partial charge in [0.05, 0.1) is 30.8 Å². The number of methoxy groups -OCH3 is 2. The summed E-state index contributed by atoms with van der Waals surface area (Å²) in [5.41, 5.74) is -0.201. The summed E-state index contributed by atoms with van der Waals surface area (Å²) in [6.07, 6.45) is 0.471. The van der Waals surface area contributed by atoms with E-state index in [1.807, 2.05) is 0 Å². The van der Waals surface area contributed by atoms with E-state index in [-0.39, 0.29) is 27.2 Å². The molecule has 7 heteroatoms. The Morgan fingerprint density at radius 2 is 2.06 bits per heavy atom. The topological polar surface area (TPSA) is 78.7 Å². The van der Waals surface area contributed by atoms with Crippen LogP contribution in [0, 0.1) is 10.1 Å². The number of nitrogens with zero attached hydrogens (tertiary/aromatic N) is 1. The van der Waals surface area contributed by atoms with Gasteiger partial charge in [-0.3, -0.25) is 14.9 Å². The molecule has 0 bridgehead atoms. The minimum absolute atomic E-state index is 0.0496. The van der Waals surface area contributed by atoms with E-state index in [9.17, 15) is 14.9 Å². The van der Waals surface area contributed by atoms with Crippen molar-refractivity contribution < 1.29 is 19.2 Å². The Hall–Kier alpha value is -1.63. The zero-order chi connectivity index (χ0) is 12.3. The van der Waals surface area contributed by atoms with Gasteiger partial charge in [0.25, 0.3) is 5.69 Å². The highest BCUT2D eigenvalue weighted by Crippen LogP contribution is 2.41. The maximum atomic E-state index is 10.9. The SMILES string of the molecule is COc1cc([N+](=O)[O-])c(Br)c(C=O)c1OC. The van der Waals surface area contributed by atoms with Crippen LogP contribution in [-0.4, -0.2) is 25.4 Å². The number of halogens is 1. The fourth-order valence-electron chi connectivity index (χ4n) is 1.22. The van der Waals surface area contributed by atoms with Gasteiger partial charge in [-0.15, -0.1) is 0 Å². The molecule has 0 N–H and O–H groups in total. The first-order chi connectivity index (χ1) is 7.56. The Morgan fingerprint density at radius 1 is 1.44 bits per heavy atom. The van der Waals surface area contributed by atoms with Crippen LogP contribution in [0.4, 0.5) is 5.69 Å². The normalized spacial score (nSPS) is 9.69. The zero-order valence-corrected chi connectivity index (χ0v) is 10.1. The van der Waals surface area contributed by atoms with Crippen LogP contribution in [0.2, 0.25) is 0 Å². The first kappa shape index (κ1) is 12.4. The maximum absolute atomic E-state index is 10.9. The lowest BCUT2D eigenvalue weighted by molar-refractivity contribution is -0.385. The van der Waals surface area contributed by atoms with Crippen LogP contribution in [-0.2, 0) is 0 Å². The number of hydrogen-bond acceptors (Lipinski definition) is 5. The molecule has 0 saturated carbocycles. The average molecular weight is 290 g/mol. The van der Waals surface area contributed by atoms with E-state index < -0.39 is 4.92 Å². The molecule has 1 rings (SSSR count). The molecule has 6 nitrogen and oxygen atoms in total. The first-order valence-corrected chi connectivity index (χ1v) is 4.90. The molecule has 1 aromatic carbocycles. The molecule has 0 radical (unpaired) electrons. The largest absolute Gasteiger partial charge is 0.493 e. The molecule has 0 atom stereocenters. The Balaban J connectivity index is 3.61. The van der Waals surface area contributed by atoms with Crippen molar-refractivity contribution in [1.29, 1.82) is 0 Å².